The van der Waals surface area contributed by atoms with E-state index in [1.54, 1.807) is 0 Å². The van der Waals surface area contributed by atoms with Crippen LogP contribution in [0.25, 0.3) is 0 Å². The van der Waals surface area contributed by atoms with Gasteiger partial charge >= 0.3 is 0 Å². The van der Waals surface area contributed by atoms with Gasteiger partial charge in [0.1, 0.15) is 5.75 Å². The molecule has 25 heavy (non-hydrogen) atoms. The summed E-state index contributed by atoms with van der Waals surface area (Å²) in [5.41, 5.74) is 2.24. The lowest BCUT2D eigenvalue weighted by molar-refractivity contribution is 0.204. The van der Waals surface area contributed by atoms with Crippen LogP contribution in [0, 0.1) is 0 Å². The Labute approximate surface area is 155 Å². The minimum atomic E-state index is 0.740. The fourth-order valence-corrected chi connectivity index (χ4v) is 3.33. The van der Waals surface area contributed by atoms with Crippen LogP contribution in [0.1, 0.15) is 31.2 Å². The Morgan fingerprint density at radius 2 is 1.72 bits per heavy atom. The summed E-state index contributed by atoms with van der Waals surface area (Å²) < 4.78 is 6.05. The van der Waals surface area contributed by atoms with Crippen molar-refractivity contribution < 1.29 is 4.74 Å². The molecule has 1 saturated heterocycles. The number of para-hydroxylation sites is 1. The zero-order chi connectivity index (χ0) is 17.3. The maximum Gasteiger partial charge on any atom is 0.124 e. The van der Waals surface area contributed by atoms with Crippen LogP contribution in [0.3, 0.4) is 0 Å². The van der Waals surface area contributed by atoms with Gasteiger partial charge in [-0.15, -0.1) is 0 Å². The zero-order valence-electron chi connectivity index (χ0n) is 14.7. The number of nitrogens with zero attached hydrogens (tertiary/aromatic N) is 1. The van der Waals surface area contributed by atoms with E-state index in [4.69, 9.17) is 16.3 Å². The van der Waals surface area contributed by atoms with Gasteiger partial charge in [-0.2, -0.15) is 0 Å². The second kappa shape index (κ2) is 9.69. The summed E-state index contributed by atoms with van der Waals surface area (Å²) >= 11 is 5.93. The number of likely N-dealkylation sites (tertiary alicyclic amines) is 1. The SMILES string of the molecule is Clc1ccc(NCc2ccccc2OCCCN2CCCCC2)cc1. The third-order valence-corrected chi connectivity index (χ3v) is 4.88. The van der Waals surface area contributed by atoms with Gasteiger partial charge in [0.2, 0.25) is 0 Å². The van der Waals surface area contributed by atoms with Crippen molar-refractivity contribution in [3.8, 4) is 5.75 Å². The van der Waals surface area contributed by atoms with Crippen LogP contribution in [-0.2, 0) is 6.54 Å². The van der Waals surface area contributed by atoms with Crippen LogP contribution in [0.4, 0.5) is 5.69 Å². The molecule has 4 heteroatoms. The highest BCUT2D eigenvalue weighted by Crippen LogP contribution is 2.21. The van der Waals surface area contributed by atoms with Crippen LogP contribution >= 0.6 is 11.6 Å². The quantitative estimate of drug-likeness (QED) is 0.656. The average molecular weight is 359 g/mol. The summed E-state index contributed by atoms with van der Waals surface area (Å²) in [4.78, 5) is 2.56. The first-order valence-electron chi connectivity index (χ1n) is 9.24. The van der Waals surface area contributed by atoms with Gasteiger partial charge in [0.05, 0.1) is 6.61 Å². The van der Waals surface area contributed by atoms with E-state index in [2.05, 4.69) is 28.4 Å². The van der Waals surface area contributed by atoms with Gasteiger partial charge in [-0.3, -0.25) is 0 Å². The largest absolute Gasteiger partial charge is 0.493 e. The van der Waals surface area contributed by atoms with Crippen LogP contribution < -0.4 is 10.1 Å². The molecule has 0 amide bonds. The van der Waals surface area contributed by atoms with Gasteiger partial charge in [0.25, 0.3) is 0 Å². The third kappa shape index (κ3) is 5.94. The Morgan fingerprint density at radius 1 is 0.960 bits per heavy atom. The van der Waals surface area contributed by atoms with E-state index >= 15 is 0 Å². The first-order chi connectivity index (χ1) is 12.3. The summed E-state index contributed by atoms with van der Waals surface area (Å²) in [7, 11) is 0. The highest BCUT2D eigenvalue weighted by Gasteiger charge is 2.09. The van der Waals surface area contributed by atoms with Crippen molar-refractivity contribution in [1.82, 2.24) is 4.90 Å². The molecule has 1 heterocycles. The second-order valence-corrected chi connectivity index (χ2v) is 7.01. The van der Waals surface area contributed by atoms with Crippen LogP contribution in [0.2, 0.25) is 5.02 Å². The number of benzene rings is 2. The molecule has 0 aliphatic carbocycles. The molecule has 0 aromatic heterocycles. The van der Waals surface area contributed by atoms with Gasteiger partial charge in [0, 0.05) is 29.4 Å². The topological polar surface area (TPSA) is 24.5 Å². The lowest BCUT2D eigenvalue weighted by Crippen LogP contribution is -2.31. The Morgan fingerprint density at radius 3 is 2.52 bits per heavy atom. The Hall–Kier alpha value is -1.71. The monoisotopic (exact) mass is 358 g/mol. The first-order valence-corrected chi connectivity index (χ1v) is 9.61. The number of hydrogen-bond donors (Lipinski definition) is 1. The van der Waals surface area contributed by atoms with Gasteiger partial charge in [-0.05, 0) is 62.7 Å². The highest BCUT2D eigenvalue weighted by molar-refractivity contribution is 6.30. The van der Waals surface area contributed by atoms with Crippen molar-refractivity contribution in [2.45, 2.75) is 32.2 Å². The fraction of sp³-hybridized carbons (Fsp3) is 0.429. The van der Waals surface area contributed by atoms with Crippen LogP contribution in [0.15, 0.2) is 48.5 Å². The molecule has 3 rings (SSSR count). The molecule has 0 bridgehead atoms. The number of halogens is 1. The van der Waals surface area contributed by atoms with E-state index in [1.165, 1.54) is 37.9 Å². The zero-order valence-corrected chi connectivity index (χ0v) is 15.5. The minimum absolute atomic E-state index is 0.740. The van der Waals surface area contributed by atoms with Gasteiger partial charge in [-0.25, -0.2) is 0 Å². The van der Waals surface area contributed by atoms with E-state index < -0.39 is 0 Å². The molecule has 1 N–H and O–H groups in total. The fourth-order valence-electron chi connectivity index (χ4n) is 3.21. The maximum absolute atomic E-state index is 6.05. The molecule has 0 atom stereocenters. The molecule has 0 saturated carbocycles. The molecule has 3 nitrogen and oxygen atoms in total. The van der Waals surface area contributed by atoms with Crippen molar-refractivity contribution in [2.75, 3.05) is 31.6 Å². The summed E-state index contributed by atoms with van der Waals surface area (Å²) in [6, 6.07) is 16.0. The number of nitrogens with one attached hydrogen (secondary N) is 1. The molecule has 1 fully saturated rings. The summed E-state index contributed by atoms with van der Waals surface area (Å²) in [6.07, 6.45) is 5.17. The Bertz CT molecular complexity index is 639. The molecule has 2 aromatic carbocycles. The lowest BCUT2D eigenvalue weighted by Gasteiger charge is -2.26. The van der Waals surface area contributed by atoms with Crippen molar-refractivity contribution in [2.24, 2.45) is 0 Å². The molecule has 0 radical (unpaired) electrons. The van der Waals surface area contributed by atoms with Gasteiger partial charge in [0.15, 0.2) is 0 Å². The molecule has 1 aliphatic rings. The standard InChI is InChI=1S/C21H27ClN2O/c22-19-9-11-20(12-10-19)23-17-18-7-2-3-8-21(18)25-16-6-15-24-13-4-1-5-14-24/h2-3,7-12,23H,1,4-6,13-17H2. The Balaban J connectivity index is 1.45. The predicted octanol–water partition coefficient (Wildman–Crippen LogP) is 5.21. The molecule has 1 aliphatic heterocycles. The number of piperidine rings is 1. The number of ether oxygens (including phenoxy) is 1. The van der Waals surface area contributed by atoms with Crippen molar-refractivity contribution in [3.05, 3.63) is 59.1 Å². The van der Waals surface area contributed by atoms with Gasteiger partial charge < -0.3 is 15.0 Å². The number of rotatable bonds is 8. The van der Waals surface area contributed by atoms with Crippen molar-refractivity contribution >= 4 is 17.3 Å². The van der Waals surface area contributed by atoms with E-state index in [0.29, 0.717) is 0 Å². The second-order valence-electron chi connectivity index (χ2n) is 6.57. The summed E-state index contributed by atoms with van der Waals surface area (Å²) in [6.45, 7) is 5.16. The number of hydrogen-bond acceptors (Lipinski definition) is 3. The normalized spacial score (nSPS) is 15.1. The Kier molecular flexibility index (Phi) is 7.01. The molecule has 2 aromatic rings. The van der Waals surface area contributed by atoms with Crippen LogP contribution in [0.5, 0.6) is 5.75 Å². The van der Waals surface area contributed by atoms with Crippen molar-refractivity contribution in [3.63, 3.8) is 0 Å². The first kappa shape index (κ1) is 18.1. The summed E-state index contributed by atoms with van der Waals surface area (Å²) in [5.74, 6) is 0.975. The lowest BCUT2D eigenvalue weighted by atomic mass is 10.1. The average Bonchev–Trinajstić information content (AvgIpc) is 2.66. The molecular formula is C21H27ClN2O. The van der Waals surface area contributed by atoms with E-state index in [0.717, 1.165) is 42.6 Å². The molecule has 0 unspecified atom stereocenters. The molecular weight excluding hydrogens is 332 g/mol. The van der Waals surface area contributed by atoms with E-state index in [-0.39, 0.29) is 0 Å². The summed E-state index contributed by atoms with van der Waals surface area (Å²) in [5, 5.41) is 4.18. The number of anilines is 1. The highest BCUT2D eigenvalue weighted by atomic mass is 35.5. The van der Waals surface area contributed by atoms with E-state index in [9.17, 15) is 0 Å². The maximum atomic E-state index is 6.05. The predicted molar refractivity (Wildman–Crippen MR) is 106 cm³/mol. The van der Waals surface area contributed by atoms with Gasteiger partial charge in [-0.1, -0.05) is 36.2 Å². The molecule has 0 spiro atoms. The molecule has 134 valence electrons. The van der Waals surface area contributed by atoms with E-state index in [1.807, 2.05) is 30.3 Å². The minimum Gasteiger partial charge on any atom is -0.493 e. The smallest absolute Gasteiger partial charge is 0.124 e. The van der Waals surface area contributed by atoms with Crippen LogP contribution in [-0.4, -0.2) is 31.1 Å². The third-order valence-electron chi connectivity index (χ3n) is 4.62. The van der Waals surface area contributed by atoms with Crippen molar-refractivity contribution in [1.29, 1.82) is 0 Å².